The van der Waals surface area contributed by atoms with Crippen molar-refractivity contribution in [2.45, 2.75) is 13.1 Å². The van der Waals surface area contributed by atoms with Crippen molar-refractivity contribution in [2.24, 2.45) is 0 Å². The highest BCUT2D eigenvalue weighted by molar-refractivity contribution is 6.07. The van der Waals surface area contributed by atoms with Gasteiger partial charge in [-0.15, -0.1) is 0 Å². The number of hydrogen-bond donors (Lipinski definition) is 0. The van der Waals surface area contributed by atoms with Gasteiger partial charge in [-0.1, -0.05) is 42.5 Å². The monoisotopic (exact) mass is 650 g/mol. The number of halogens is 5. The van der Waals surface area contributed by atoms with Gasteiger partial charge in [-0.25, -0.2) is 18.7 Å². The lowest BCUT2D eigenvalue weighted by Gasteiger charge is -2.11. The van der Waals surface area contributed by atoms with Crippen molar-refractivity contribution in [1.29, 1.82) is 21.0 Å². The topological polar surface area (TPSA) is 121 Å². The number of nitrogens with zero attached hydrogens (tertiary/aromatic N) is 6. The Hall–Kier alpha value is -6.95. The van der Waals surface area contributed by atoms with E-state index in [4.69, 9.17) is 9.97 Å². The number of allylic oxidation sites excluding steroid dienone is 2. The number of aromatic nitrogens is 2. The second-order valence-corrected chi connectivity index (χ2v) is 11.2. The predicted molar refractivity (Wildman–Crippen MR) is 168 cm³/mol. The third kappa shape index (κ3) is 4.73. The maximum absolute atomic E-state index is 14.5. The Morgan fingerprint density at radius 3 is 1.35 bits per heavy atom. The molecule has 0 N–H and O–H groups in total. The number of alkyl halides is 3. The SMILES string of the molecule is Cc1ccc(-c2ccc3c(c2)C(=C(C#N)C#N)c2nc4c(nc2-3)C(=C(C#N)C#N)c2cc(-c3ccc(C(F)(F)F)c(F)c3)ccc2-4)cc1F. The van der Waals surface area contributed by atoms with Gasteiger partial charge in [0, 0.05) is 22.3 Å². The summed E-state index contributed by atoms with van der Waals surface area (Å²) in [5.41, 5.74) is 3.00. The van der Waals surface area contributed by atoms with Crippen LogP contribution in [-0.2, 0) is 6.18 Å². The first-order valence-corrected chi connectivity index (χ1v) is 14.4. The standard InChI is InChI=1S/C38H15F5N6/c1-18-2-3-21(12-30(18)39)19-4-7-25-27(10-19)32(23(14-44)15-45)36-34(25)48-37-33(24(16-46)17-47)28-11-20(5-8-26(28)35(37)49-36)22-6-9-29(31(40)13-22)38(41,42)43/h2-13H,1H3. The number of nitriles is 4. The fourth-order valence-electron chi connectivity index (χ4n) is 6.17. The minimum Gasteiger partial charge on any atom is -0.243 e. The molecule has 0 fully saturated rings. The summed E-state index contributed by atoms with van der Waals surface area (Å²) in [6.45, 7) is 1.64. The van der Waals surface area contributed by atoms with Crippen molar-refractivity contribution in [2.75, 3.05) is 0 Å². The Morgan fingerprint density at radius 2 is 0.939 bits per heavy atom. The predicted octanol–water partition coefficient (Wildman–Crippen LogP) is 9.07. The summed E-state index contributed by atoms with van der Waals surface area (Å²) < 4.78 is 68.6. The summed E-state index contributed by atoms with van der Waals surface area (Å²) >= 11 is 0. The van der Waals surface area contributed by atoms with Gasteiger partial charge in [0.25, 0.3) is 0 Å². The summed E-state index contributed by atoms with van der Waals surface area (Å²) in [6.07, 6.45) is -4.88. The van der Waals surface area contributed by atoms with Gasteiger partial charge in [0.2, 0.25) is 0 Å². The second-order valence-electron chi connectivity index (χ2n) is 11.2. The van der Waals surface area contributed by atoms with Crippen LogP contribution in [0.3, 0.4) is 0 Å². The molecule has 2 aliphatic carbocycles. The molecular weight excluding hydrogens is 635 g/mol. The molecule has 0 amide bonds. The molecule has 0 unspecified atom stereocenters. The first kappa shape index (κ1) is 30.7. The normalized spacial score (nSPS) is 12.1. The van der Waals surface area contributed by atoms with Gasteiger partial charge in [0.05, 0.1) is 17.0 Å². The summed E-state index contributed by atoms with van der Waals surface area (Å²) in [7, 11) is 0. The van der Waals surface area contributed by atoms with Gasteiger partial charge in [0.15, 0.2) is 0 Å². The van der Waals surface area contributed by atoms with Crippen LogP contribution in [0.25, 0.3) is 55.9 Å². The minimum atomic E-state index is -4.88. The summed E-state index contributed by atoms with van der Waals surface area (Å²) in [5, 5.41) is 39.8. The van der Waals surface area contributed by atoms with Crippen molar-refractivity contribution < 1.29 is 22.0 Å². The lowest BCUT2D eigenvalue weighted by molar-refractivity contribution is -0.139. The highest BCUT2D eigenvalue weighted by atomic mass is 19.4. The Morgan fingerprint density at radius 1 is 0.531 bits per heavy atom. The van der Waals surface area contributed by atoms with Gasteiger partial charge in [0.1, 0.15) is 58.4 Å². The fraction of sp³-hybridized carbons (Fsp3) is 0.0526. The first-order chi connectivity index (χ1) is 23.5. The number of benzene rings is 4. The average Bonchev–Trinajstić information content (AvgIpc) is 3.57. The van der Waals surface area contributed by atoms with Crippen LogP contribution in [0.4, 0.5) is 22.0 Å². The number of hydrogen-bond acceptors (Lipinski definition) is 6. The molecule has 11 heteroatoms. The van der Waals surface area contributed by atoms with Gasteiger partial charge in [-0.3, -0.25) is 0 Å². The molecule has 0 aliphatic heterocycles. The van der Waals surface area contributed by atoms with Gasteiger partial charge < -0.3 is 0 Å². The molecule has 0 atom stereocenters. The quantitative estimate of drug-likeness (QED) is 0.136. The van der Waals surface area contributed by atoms with E-state index in [9.17, 15) is 43.0 Å². The van der Waals surface area contributed by atoms with Crippen LogP contribution in [0.5, 0.6) is 0 Å². The molecule has 6 nitrogen and oxygen atoms in total. The highest BCUT2D eigenvalue weighted by Crippen LogP contribution is 2.51. The van der Waals surface area contributed by atoms with Gasteiger partial charge in [-0.2, -0.15) is 34.2 Å². The van der Waals surface area contributed by atoms with Crippen LogP contribution < -0.4 is 0 Å². The van der Waals surface area contributed by atoms with E-state index in [1.807, 2.05) is 24.3 Å². The smallest absolute Gasteiger partial charge is 0.243 e. The Balaban J connectivity index is 1.44. The van der Waals surface area contributed by atoms with E-state index in [2.05, 4.69) is 0 Å². The van der Waals surface area contributed by atoms with E-state index in [1.54, 1.807) is 43.3 Å². The van der Waals surface area contributed by atoms with E-state index < -0.39 is 23.4 Å². The van der Waals surface area contributed by atoms with E-state index in [-0.39, 0.29) is 50.6 Å². The summed E-state index contributed by atoms with van der Waals surface area (Å²) in [5.74, 6) is -1.86. The van der Waals surface area contributed by atoms with Crippen LogP contribution in [0.2, 0.25) is 0 Å². The van der Waals surface area contributed by atoms with E-state index >= 15 is 0 Å². The lowest BCUT2D eigenvalue weighted by atomic mass is 9.95. The lowest BCUT2D eigenvalue weighted by Crippen LogP contribution is -2.07. The van der Waals surface area contributed by atoms with Gasteiger partial charge in [-0.05, 0) is 76.2 Å². The zero-order valence-corrected chi connectivity index (χ0v) is 25.0. The van der Waals surface area contributed by atoms with E-state index in [1.165, 1.54) is 18.2 Å². The molecule has 1 heterocycles. The zero-order chi connectivity index (χ0) is 34.8. The maximum Gasteiger partial charge on any atom is 0.419 e. The maximum atomic E-state index is 14.5. The van der Waals surface area contributed by atoms with Gasteiger partial charge >= 0.3 is 6.18 Å². The fourth-order valence-corrected chi connectivity index (χ4v) is 6.17. The van der Waals surface area contributed by atoms with E-state index in [0.717, 1.165) is 12.1 Å². The molecule has 0 spiro atoms. The third-order valence-corrected chi connectivity index (χ3v) is 8.52. The van der Waals surface area contributed by atoms with Crippen molar-refractivity contribution >= 4 is 11.1 Å². The Kier molecular flexibility index (Phi) is 6.95. The number of rotatable bonds is 2. The van der Waals surface area contributed by atoms with Crippen LogP contribution >= 0.6 is 0 Å². The van der Waals surface area contributed by atoms with Crippen LogP contribution in [0.15, 0.2) is 83.9 Å². The number of fused-ring (bicyclic) bond motifs is 6. The molecule has 2 aliphatic rings. The molecular formula is C38H15F5N6. The van der Waals surface area contributed by atoms with Crippen molar-refractivity contribution in [3.63, 3.8) is 0 Å². The van der Waals surface area contributed by atoms with Crippen LogP contribution in [0, 0.1) is 63.9 Å². The van der Waals surface area contributed by atoms with Crippen molar-refractivity contribution in [3.05, 3.63) is 129 Å². The molecule has 0 radical (unpaired) electrons. The van der Waals surface area contributed by atoms with Crippen LogP contribution in [-0.4, -0.2) is 9.97 Å². The number of aryl methyl sites for hydroxylation is 1. The largest absolute Gasteiger partial charge is 0.419 e. The molecule has 4 aromatic carbocycles. The molecule has 7 rings (SSSR count). The molecule has 49 heavy (non-hydrogen) atoms. The Bertz CT molecular complexity index is 2540. The average molecular weight is 651 g/mol. The van der Waals surface area contributed by atoms with Crippen molar-refractivity contribution in [3.8, 4) is 69.0 Å². The zero-order valence-electron chi connectivity index (χ0n) is 25.0. The Labute approximate surface area is 275 Å². The minimum absolute atomic E-state index is 0.117. The molecule has 5 aromatic rings. The molecule has 232 valence electrons. The van der Waals surface area contributed by atoms with Crippen LogP contribution in [0.1, 0.15) is 33.6 Å². The molecule has 0 saturated carbocycles. The summed E-state index contributed by atoms with van der Waals surface area (Å²) in [6, 6.07) is 24.7. The highest BCUT2D eigenvalue weighted by Gasteiger charge is 2.37. The summed E-state index contributed by atoms with van der Waals surface area (Å²) in [4.78, 5) is 9.70. The molecule has 0 saturated heterocycles. The third-order valence-electron chi connectivity index (χ3n) is 8.52. The molecule has 1 aromatic heterocycles. The first-order valence-electron chi connectivity index (χ1n) is 14.4. The van der Waals surface area contributed by atoms with Crippen molar-refractivity contribution in [1.82, 2.24) is 9.97 Å². The molecule has 0 bridgehead atoms. The second kappa shape index (κ2) is 11.1. The van der Waals surface area contributed by atoms with E-state index in [0.29, 0.717) is 50.6 Å².